The summed E-state index contributed by atoms with van der Waals surface area (Å²) >= 11 is 3.53. The Balaban J connectivity index is 2.44. The van der Waals surface area contributed by atoms with Crippen molar-refractivity contribution in [3.8, 4) is 17.0 Å². The van der Waals surface area contributed by atoms with E-state index >= 15 is 0 Å². The van der Waals surface area contributed by atoms with Crippen molar-refractivity contribution in [3.63, 3.8) is 0 Å². The van der Waals surface area contributed by atoms with Crippen molar-refractivity contribution >= 4 is 21.7 Å². The monoisotopic (exact) mass is 323 g/mol. The second-order valence-corrected chi connectivity index (χ2v) is 5.72. The van der Waals surface area contributed by atoms with Gasteiger partial charge in [0.05, 0.1) is 13.4 Å². The number of halogens is 1. The normalized spacial score (nSPS) is 11.0. The van der Waals surface area contributed by atoms with Gasteiger partial charge in [0, 0.05) is 16.6 Å². The van der Waals surface area contributed by atoms with Gasteiger partial charge in [-0.15, -0.1) is 0 Å². The number of anilines is 1. The van der Waals surface area contributed by atoms with Gasteiger partial charge < -0.3 is 15.0 Å². The zero-order chi connectivity index (χ0) is 14.0. The average molecular weight is 324 g/mol. The van der Waals surface area contributed by atoms with Gasteiger partial charge in [-0.25, -0.2) is 4.98 Å². The van der Waals surface area contributed by atoms with Gasteiger partial charge in [0.1, 0.15) is 17.3 Å². The van der Waals surface area contributed by atoms with Crippen molar-refractivity contribution in [1.82, 2.24) is 9.55 Å². The summed E-state index contributed by atoms with van der Waals surface area (Å²) in [7, 11) is 1.65. The summed E-state index contributed by atoms with van der Waals surface area (Å²) in [4.78, 5) is 4.43. The third kappa shape index (κ3) is 2.92. The fourth-order valence-corrected chi connectivity index (χ4v) is 2.39. The van der Waals surface area contributed by atoms with Crippen molar-refractivity contribution in [2.75, 3.05) is 12.8 Å². The number of aromatic nitrogens is 2. The molecule has 2 N–H and O–H groups in total. The van der Waals surface area contributed by atoms with Gasteiger partial charge in [-0.3, -0.25) is 0 Å². The minimum absolute atomic E-state index is 0.526. The minimum atomic E-state index is 0.526. The maximum atomic E-state index is 6.18. The quantitative estimate of drug-likeness (QED) is 0.935. The van der Waals surface area contributed by atoms with Gasteiger partial charge in [-0.05, 0) is 24.1 Å². The molecule has 4 nitrogen and oxygen atoms in total. The number of rotatable bonds is 4. The Bertz CT molecular complexity index is 578. The van der Waals surface area contributed by atoms with E-state index < -0.39 is 0 Å². The number of hydrogen-bond donors (Lipinski definition) is 1. The summed E-state index contributed by atoms with van der Waals surface area (Å²) in [6.45, 7) is 5.17. The molecule has 0 radical (unpaired) electrons. The molecule has 19 heavy (non-hydrogen) atoms. The van der Waals surface area contributed by atoms with Crippen LogP contribution in [0, 0.1) is 5.92 Å². The fourth-order valence-electron chi connectivity index (χ4n) is 1.95. The first-order valence-corrected chi connectivity index (χ1v) is 6.96. The molecule has 0 fully saturated rings. The molecule has 0 unspecified atom stereocenters. The Morgan fingerprint density at radius 1 is 1.42 bits per heavy atom. The molecule has 2 aromatic rings. The molecular formula is C14H18BrN3O. The summed E-state index contributed by atoms with van der Waals surface area (Å²) in [5.41, 5.74) is 7.91. The van der Waals surface area contributed by atoms with Crippen LogP contribution in [0.25, 0.3) is 11.3 Å². The maximum Gasteiger partial charge on any atom is 0.131 e. The Morgan fingerprint density at radius 3 is 2.79 bits per heavy atom. The molecule has 0 bridgehead atoms. The summed E-state index contributed by atoms with van der Waals surface area (Å²) in [6.07, 6.45) is 1.79. The lowest BCUT2D eigenvalue weighted by molar-refractivity contribution is 0.415. The molecule has 102 valence electrons. The van der Waals surface area contributed by atoms with Crippen molar-refractivity contribution in [2.24, 2.45) is 5.92 Å². The van der Waals surface area contributed by atoms with Crippen molar-refractivity contribution in [1.29, 1.82) is 0 Å². The molecule has 0 aliphatic heterocycles. The highest BCUT2D eigenvalue weighted by atomic mass is 79.9. The van der Waals surface area contributed by atoms with E-state index in [2.05, 4.69) is 34.8 Å². The third-order valence-corrected chi connectivity index (χ3v) is 3.56. The van der Waals surface area contributed by atoms with Crippen LogP contribution in [-0.2, 0) is 6.54 Å². The highest BCUT2D eigenvalue weighted by Crippen LogP contribution is 2.34. The fraction of sp³-hybridized carbons (Fsp3) is 0.357. The van der Waals surface area contributed by atoms with E-state index in [1.54, 1.807) is 13.4 Å². The molecule has 1 aromatic heterocycles. The lowest BCUT2D eigenvalue weighted by Gasteiger charge is -2.09. The first-order valence-electron chi connectivity index (χ1n) is 6.17. The van der Waals surface area contributed by atoms with Gasteiger partial charge in [0.25, 0.3) is 0 Å². The number of nitrogens with two attached hydrogens (primary N) is 1. The van der Waals surface area contributed by atoms with E-state index in [-0.39, 0.29) is 0 Å². The topological polar surface area (TPSA) is 53.1 Å². The Morgan fingerprint density at radius 2 is 2.16 bits per heavy atom. The molecular weight excluding hydrogens is 306 g/mol. The van der Waals surface area contributed by atoms with Crippen LogP contribution in [0.1, 0.15) is 13.8 Å². The Kier molecular flexibility index (Phi) is 4.14. The van der Waals surface area contributed by atoms with Gasteiger partial charge >= 0.3 is 0 Å². The van der Waals surface area contributed by atoms with E-state index in [9.17, 15) is 0 Å². The molecule has 1 aromatic carbocycles. The Labute approximate surface area is 121 Å². The lowest BCUT2D eigenvalue weighted by Crippen LogP contribution is -2.06. The van der Waals surface area contributed by atoms with Crippen LogP contribution in [0.5, 0.6) is 5.75 Å². The largest absolute Gasteiger partial charge is 0.497 e. The van der Waals surface area contributed by atoms with Gasteiger partial charge in [0.15, 0.2) is 0 Å². The number of benzene rings is 1. The molecule has 2 rings (SSSR count). The summed E-state index contributed by atoms with van der Waals surface area (Å²) in [6, 6.07) is 5.77. The van der Waals surface area contributed by atoms with Gasteiger partial charge in [-0.2, -0.15) is 0 Å². The van der Waals surface area contributed by atoms with Crippen LogP contribution in [0.15, 0.2) is 29.0 Å². The van der Waals surface area contributed by atoms with Crippen LogP contribution in [0.2, 0.25) is 0 Å². The van der Waals surface area contributed by atoms with E-state index in [4.69, 9.17) is 10.5 Å². The van der Waals surface area contributed by atoms with E-state index in [1.807, 2.05) is 22.8 Å². The lowest BCUT2D eigenvalue weighted by atomic mass is 10.1. The molecule has 0 saturated heterocycles. The van der Waals surface area contributed by atoms with E-state index in [0.29, 0.717) is 11.7 Å². The standard InChI is InChI=1S/C14H18BrN3O/c1-9(2)7-18-8-17-13(14(18)16)11-6-10(19-3)4-5-12(11)15/h4-6,8-9H,7,16H2,1-3H3. The number of nitrogens with zero attached hydrogens (tertiary/aromatic N) is 2. The van der Waals surface area contributed by atoms with Gasteiger partial charge in [-0.1, -0.05) is 29.8 Å². The van der Waals surface area contributed by atoms with Crippen LogP contribution in [0.4, 0.5) is 5.82 Å². The third-order valence-electron chi connectivity index (χ3n) is 2.87. The minimum Gasteiger partial charge on any atom is -0.497 e. The second kappa shape index (κ2) is 5.65. The first kappa shape index (κ1) is 13.9. The number of imidazole rings is 1. The SMILES string of the molecule is COc1ccc(Br)c(-c2ncn(CC(C)C)c2N)c1. The zero-order valence-electron chi connectivity index (χ0n) is 11.4. The summed E-state index contributed by atoms with van der Waals surface area (Å²) in [5.74, 6) is 2.00. The van der Waals surface area contributed by atoms with E-state index in [0.717, 1.165) is 28.0 Å². The van der Waals surface area contributed by atoms with Crippen molar-refractivity contribution < 1.29 is 4.74 Å². The van der Waals surface area contributed by atoms with Crippen molar-refractivity contribution in [3.05, 3.63) is 29.0 Å². The predicted octanol–water partition coefficient (Wildman–Crippen LogP) is 3.56. The number of nitrogen functional groups attached to an aromatic ring is 1. The Hall–Kier alpha value is -1.49. The van der Waals surface area contributed by atoms with Gasteiger partial charge in [0.2, 0.25) is 0 Å². The highest BCUT2D eigenvalue weighted by molar-refractivity contribution is 9.10. The molecule has 0 atom stereocenters. The molecule has 0 saturated carbocycles. The van der Waals surface area contributed by atoms with Crippen LogP contribution in [0.3, 0.4) is 0 Å². The first-order chi connectivity index (χ1) is 9.02. The predicted molar refractivity (Wildman–Crippen MR) is 81.2 cm³/mol. The molecule has 0 aliphatic rings. The molecule has 0 aliphatic carbocycles. The van der Waals surface area contributed by atoms with Crippen LogP contribution in [-0.4, -0.2) is 16.7 Å². The van der Waals surface area contributed by atoms with E-state index in [1.165, 1.54) is 0 Å². The second-order valence-electron chi connectivity index (χ2n) is 4.87. The smallest absolute Gasteiger partial charge is 0.131 e. The van der Waals surface area contributed by atoms with Crippen LogP contribution >= 0.6 is 15.9 Å². The summed E-state index contributed by atoms with van der Waals surface area (Å²) in [5, 5.41) is 0. The number of ether oxygens (including phenoxy) is 1. The summed E-state index contributed by atoms with van der Waals surface area (Å²) < 4.78 is 8.18. The molecule has 0 amide bonds. The maximum absolute atomic E-state index is 6.18. The van der Waals surface area contributed by atoms with Crippen LogP contribution < -0.4 is 10.5 Å². The molecule has 0 spiro atoms. The highest BCUT2D eigenvalue weighted by Gasteiger charge is 2.14. The van der Waals surface area contributed by atoms with Crippen molar-refractivity contribution in [2.45, 2.75) is 20.4 Å². The molecule has 5 heteroatoms. The number of methoxy groups -OCH3 is 1. The zero-order valence-corrected chi connectivity index (χ0v) is 12.9. The average Bonchev–Trinajstić information content (AvgIpc) is 2.71. The molecule has 1 heterocycles. The number of hydrogen-bond acceptors (Lipinski definition) is 3.